The SMILES string of the molecule is COc1cc(-c2nc(C)c(F)c(N)n2)cc(OC)c1OC. The zero-order valence-electron chi connectivity index (χ0n) is 12.2. The van der Waals surface area contributed by atoms with E-state index in [1.165, 1.54) is 28.3 Å². The Hall–Kier alpha value is -2.57. The summed E-state index contributed by atoms with van der Waals surface area (Å²) in [6.07, 6.45) is 0. The number of hydrogen-bond acceptors (Lipinski definition) is 6. The molecule has 0 amide bonds. The van der Waals surface area contributed by atoms with Crippen molar-refractivity contribution in [2.45, 2.75) is 6.92 Å². The van der Waals surface area contributed by atoms with E-state index in [0.717, 1.165) is 0 Å². The number of anilines is 1. The molecule has 1 heterocycles. The third-order valence-electron chi connectivity index (χ3n) is 2.97. The van der Waals surface area contributed by atoms with E-state index in [2.05, 4.69) is 9.97 Å². The minimum atomic E-state index is -0.619. The van der Waals surface area contributed by atoms with E-state index >= 15 is 0 Å². The molecule has 0 fully saturated rings. The average Bonchev–Trinajstić information content (AvgIpc) is 2.50. The maximum Gasteiger partial charge on any atom is 0.203 e. The number of rotatable bonds is 4. The molecule has 1 aromatic carbocycles. The van der Waals surface area contributed by atoms with Gasteiger partial charge in [-0.25, -0.2) is 14.4 Å². The van der Waals surface area contributed by atoms with Crippen LogP contribution in [0, 0.1) is 12.7 Å². The lowest BCUT2D eigenvalue weighted by atomic mass is 10.1. The first-order chi connectivity index (χ1) is 10.0. The maximum atomic E-state index is 13.5. The summed E-state index contributed by atoms with van der Waals surface area (Å²) in [6.45, 7) is 1.52. The van der Waals surface area contributed by atoms with Crippen LogP contribution in [-0.2, 0) is 0 Å². The Morgan fingerprint density at radius 3 is 2.00 bits per heavy atom. The Bertz CT molecular complexity index is 628. The van der Waals surface area contributed by atoms with E-state index in [9.17, 15) is 4.39 Å². The summed E-state index contributed by atoms with van der Waals surface area (Å²) >= 11 is 0. The largest absolute Gasteiger partial charge is 0.493 e. The molecule has 112 valence electrons. The predicted octanol–water partition coefficient (Wildman–Crippen LogP) is 2.20. The Balaban J connectivity index is 2.64. The standard InChI is InChI=1S/C14H16FN3O3/c1-7-11(15)13(16)18-14(17-7)8-5-9(19-2)12(21-4)10(6-8)20-3/h5-6H,1-4H3,(H2,16,17,18). The number of ether oxygens (including phenoxy) is 3. The van der Waals surface area contributed by atoms with E-state index < -0.39 is 5.82 Å². The van der Waals surface area contributed by atoms with Crippen molar-refractivity contribution < 1.29 is 18.6 Å². The number of benzene rings is 1. The fourth-order valence-electron chi connectivity index (χ4n) is 1.92. The highest BCUT2D eigenvalue weighted by Crippen LogP contribution is 2.40. The van der Waals surface area contributed by atoms with Crippen molar-refractivity contribution >= 4 is 5.82 Å². The van der Waals surface area contributed by atoms with Gasteiger partial charge in [0.05, 0.1) is 27.0 Å². The quantitative estimate of drug-likeness (QED) is 0.931. The highest BCUT2D eigenvalue weighted by atomic mass is 19.1. The third-order valence-corrected chi connectivity index (χ3v) is 2.97. The molecule has 0 saturated heterocycles. The van der Waals surface area contributed by atoms with Gasteiger partial charge in [-0.05, 0) is 19.1 Å². The average molecular weight is 293 g/mol. The number of nitrogens with two attached hydrogens (primary N) is 1. The van der Waals surface area contributed by atoms with Crippen molar-refractivity contribution in [1.29, 1.82) is 0 Å². The number of nitrogen functional groups attached to an aromatic ring is 1. The van der Waals surface area contributed by atoms with Crippen LogP contribution in [0.3, 0.4) is 0 Å². The highest BCUT2D eigenvalue weighted by Gasteiger charge is 2.17. The summed E-state index contributed by atoms with van der Waals surface area (Å²) in [5, 5.41) is 0. The van der Waals surface area contributed by atoms with Gasteiger partial charge in [-0.15, -0.1) is 0 Å². The molecule has 0 aliphatic carbocycles. The molecular formula is C14H16FN3O3. The van der Waals surface area contributed by atoms with E-state index in [1.54, 1.807) is 12.1 Å². The summed E-state index contributed by atoms with van der Waals surface area (Å²) < 4.78 is 29.3. The number of aryl methyl sites for hydroxylation is 1. The molecule has 7 heteroatoms. The van der Waals surface area contributed by atoms with Crippen molar-refractivity contribution in [3.05, 3.63) is 23.6 Å². The fourth-order valence-corrected chi connectivity index (χ4v) is 1.92. The van der Waals surface area contributed by atoms with E-state index in [4.69, 9.17) is 19.9 Å². The van der Waals surface area contributed by atoms with Crippen LogP contribution in [0.2, 0.25) is 0 Å². The molecule has 0 unspecified atom stereocenters. The first kappa shape index (κ1) is 14.8. The van der Waals surface area contributed by atoms with Gasteiger partial charge >= 0.3 is 0 Å². The summed E-state index contributed by atoms with van der Waals surface area (Å²) in [4.78, 5) is 8.04. The number of nitrogens with zero attached hydrogens (tertiary/aromatic N) is 2. The van der Waals surface area contributed by atoms with Gasteiger partial charge in [0.1, 0.15) is 0 Å². The molecule has 0 aliphatic rings. The van der Waals surface area contributed by atoms with Crippen LogP contribution in [0.4, 0.5) is 10.2 Å². The summed E-state index contributed by atoms with van der Waals surface area (Å²) in [5.41, 5.74) is 6.30. The van der Waals surface area contributed by atoms with Crippen molar-refractivity contribution in [3.63, 3.8) is 0 Å². The fraction of sp³-hybridized carbons (Fsp3) is 0.286. The number of methoxy groups -OCH3 is 3. The topological polar surface area (TPSA) is 79.5 Å². The molecule has 21 heavy (non-hydrogen) atoms. The van der Waals surface area contributed by atoms with Crippen LogP contribution in [0.15, 0.2) is 12.1 Å². The normalized spacial score (nSPS) is 10.3. The van der Waals surface area contributed by atoms with Gasteiger partial charge in [-0.1, -0.05) is 0 Å². The van der Waals surface area contributed by atoms with Crippen LogP contribution in [-0.4, -0.2) is 31.3 Å². The number of hydrogen-bond donors (Lipinski definition) is 1. The summed E-state index contributed by atoms with van der Waals surface area (Å²) in [7, 11) is 4.52. The van der Waals surface area contributed by atoms with Crippen molar-refractivity contribution in [2.24, 2.45) is 0 Å². The van der Waals surface area contributed by atoms with Gasteiger partial charge < -0.3 is 19.9 Å². The van der Waals surface area contributed by atoms with Gasteiger partial charge in [0.15, 0.2) is 29.0 Å². The Morgan fingerprint density at radius 2 is 1.57 bits per heavy atom. The van der Waals surface area contributed by atoms with Crippen LogP contribution < -0.4 is 19.9 Å². The molecule has 2 aromatic rings. The molecule has 0 spiro atoms. The molecular weight excluding hydrogens is 277 g/mol. The molecule has 0 aliphatic heterocycles. The van der Waals surface area contributed by atoms with Gasteiger partial charge in [0.25, 0.3) is 0 Å². The predicted molar refractivity (Wildman–Crippen MR) is 76.2 cm³/mol. The van der Waals surface area contributed by atoms with Gasteiger partial charge in [-0.3, -0.25) is 0 Å². The van der Waals surface area contributed by atoms with Crippen LogP contribution in [0.25, 0.3) is 11.4 Å². The van der Waals surface area contributed by atoms with Gasteiger partial charge in [0, 0.05) is 5.56 Å². The maximum absolute atomic E-state index is 13.5. The zero-order valence-corrected chi connectivity index (χ0v) is 12.2. The Kier molecular flexibility index (Phi) is 4.11. The Morgan fingerprint density at radius 1 is 1.00 bits per heavy atom. The molecule has 0 atom stereocenters. The van der Waals surface area contributed by atoms with E-state index in [0.29, 0.717) is 22.8 Å². The Labute approximate surface area is 121 Å². The second-order valence-electron chi connectivity index (χ2n) is 4.25. The lowest BCUT2D eigenvalue weighted by Gasteiger charge is -2.14. The molecule has 0 bridgehead atoms. The first-order valence-electron chi connectivity index (χ1n) is 6.11. The minimum absolute atomic E-state index is 0.172. The first-order valence-corrected chi connectivity index (χ1v) is 6.11. The van der Waals surface area contributed by atoms with Gasteiger partial charge in [0.2, 0.25) is 5.75 Å². The highest BCUT2D eigenvalue weighted by molar-refractivity contribution is 5.67. The minimum Gasteiger partial charge on any atom is -0.493 e. The van der Waals surface area contributed by atoms with Gasteiger partial charge in [-0.2, -0.15) is 0 Å². The van der Waals surface area contributed by atoms with E-state index in [-0.39, 0.29) is 17.3 Å². The van der Waals surface area contributed by atoms with Crippen molar-refractivity contribution in [3.8, 4) is 28.6 Å². The second kappa shape index (κ2) is 5.82. The smallest absolute Gasteiger partial charge is 0.203 e. The summed E-state index contributed by atoms with van der Waals surface area (Å²) in [5.74, 6) is 0.825. The summed E-state index contributed by atoms with van der Waals surface area (Å²) in [6, 6.07) is 3.35. The zero-order chi connectivity index (χ0) is 15.6. The third kappa shape index (κ3) is 2.67. The van der Waals surface area contributed by atoms with Crippen molar-refractivity contribution in [2.75, 3.05) is 27.1 Å². The molecule has 2 rings (SSSR count). The van der Waals surface area contributed by atoms with Crippen LogP contribution in [0.5, 0.6) is 17.2 Å². The van der Waals surface area contributed by atoms with E-state index in [1.807, 2.05) is 0 Å². The molecule has 6 nitrogen and oxygen atoms in total. The second-order valence-corrected chi connectivity index (χ2v) is 4.25. The van der Waals surface area contributed by atoms with Crippen LogP contribution in [0.1, 0.15) is 5.69 Å². The van der Waals surface area contributed by atoms with Crippen molar-refractivity contribution in [1.82, 2.24) is 9.97 Å². The monoisotopic (exact) mass is 293 g/mol. The number of halogens is 1. The lowest BCUT2D eigenvalue weighted by Crippen LogP contribution is -2.03. The molecule has 0 radical (unpaired) electrons. The number of aromatic nitrogens is 2. The molecule has 1 aromatic heterocycles. The van der Waals surface area contributed by atoms with Crippen LogP contribution >= 0.6 is 0 Å². The molecule has 2 N–H and O–H groups in total. The molecule has 0 saturated carbocycles. The lowest BCUT2D eigenvalue weighted by molar-refractivity contribution is 0.324.